The number of nitrogens with zero attached hydrogens (tertiary/aromatic N) is 2. The highest BCUT2D eigenvalue weighted by Crippen LogP contribution is 2.23. The van der Waals surface area contributed by atoms with Crippen LogP contribution in [0.5, 0.6) is 0 Å². The Morgan fingerprint density at radius 2 is 1.77 bits per heavy atom. The Hall–Kier alpha value is -3.19. The van der Waals surface area contributed by atoms with Crippen molar-refractivity contribution in [2.45, 2.75) is 0 Å². The number of rotatable bonds is 3. The van der Waals surface area contributed by atoms with Crippen molar-refractivity contribution in [2.75, 3.05) is 26.2 Å². The van der Waals surface area contributed by atoms with Crippen LogP contribution in [0.15, 0.2) is 42.5 Å². The van der Waals surface area contributed by atoms with Crippen molar-refractivity contribution in [3.05, 3.63) is 53.6 Å². The van der Waals surface area contributed by atoms with Crippen LogP contribution in [0.25, 0.3) is 22.4 Å². The van der Waals surface area contributed by atoms with E-state index in [1.807, 2.05) is 35.2 Å². The monoisotopic (exact) mass is 349 g/mol. The zero-order valence-electron chi connectivity index (χ0n) is 14.2. The average molecular weight is 349 g/mol. The van der Waals surface area contributed by atoms with Gasteiger partial charge in [-0.2, -0.15) is 0 Å². The van der Waals surface area contributed by atoms with Crippen LogP contribution in [-0.4, -0.2) is 52.9 Å². The first-order valence-electron chi connectivity index (χ1n) is 8.52. The molecule has 0 unspecified atom stereocenters. The first-order chi connectivity index (χ1) is 12.6. The van der Waals surface area contributed by atoms with Crippen molar-refractivity contribution in [2.24, 2.45) is 5.73 Å². The molecule has 4 rings (SSSR count). The molecule has 0 bridgehead atoms. The summed E-state index contributed by atoms with van der Waals surface area (Å²) >= 11 is 0. The molecule has 1 saturated heterocycles. The van der Waals surface area contributed by atoms with Crippen molar-refractivity contribution >= 4 is 22.8 Å². The van der Waals surface area contributed by atoms with Crippen LogP contribution in [0.3, 0.4) is 0 Å². The van der Waals surface area contributed by atoms with Crippen LogP contribution in [0.2, 0.25) is 0 Å². The van der Waals surface area contributed by atoms with Gasteiger partial charge in [-0.25, -0.2) is 4.98 Å². The summed E-state index contributed by atoms with van der Waals surface area (Å²) in [6.07, 6.45) is 0. The van der Waals surface area contributed by atoms with Gasteiger partial charge in [-0.05, 0) is 24.3 Å². The predicted molar refractivity (Wildman–Crippen MR) is 98.8 cm³/mol. The molecule has 132 valence electrons. The van der Waals surface area contributed by atoms with E-state index in [1.54, 1.807) is 12.1 Å². The number of carbonyl (C=O) groups is 2. The Morgan fingerprint density at radius 1 is 1.04 bits per heavy atom. The van der Waals surface area contributed by atoms with Crippen molar-refractivity contribution in [1.82, 2.24) is 20.2 Å². The second-order valence-electron chi connectivity index (χ2n) is 6.27. The van der Waals surface area contributed by atoms with E-state index in [2.05, 4.69) is 15.3 Å². The zero-order valence-corrected chi connectivity index (χ0v) is 14.2. The number of nitrogens with two attached hydrogens (primary N) is 1. The van der Waals surface area contributed by atoms with Gasteiger partial charge in [0.05, 0.1) is 11.1 Å². The highest BCUT2D eigenvalue weighted by atomic mass is 16.2. The van der Waals surface area contributed by atoms with Crippen LogP contribution in [0.4, 0.5) is 0 Å². The van der Waals surface area contributed by atoms with Crippen LogP contribution in [0, 0.1) is 0 Å². The molecule has 4 N–H and O–H groups in total. The number of piperazine rings is 1. The summed E-state index contributed by atoms with van der Waals surface area (Å²) in [5, 5.41) is 3.24. The van der Waals surface area contributed by atoms with Gasteiger partial charge in [0.25, 0.3) is 11.8 Å². The minimum Gasteiger partial charge on any atom is -0.366 e. The Morgan fingerprint density at radius 3 is 2.46 bits per heavy atom. The molecule has 26 heavy (non-hydrogen) atoms. The molecule has 0 atom stereocenters. The Bertz CT molecular complexity index is 971. The molecule has 0 radical (unpaired) electrons. The van der Waals surface area contributed by atoms with E-state index in [0.29, 0.717) is 22.5 Å². The molecule has 1 aliphatic rings. The number of imidazole rings is 1. The van der Waals surface area contributed by atoms with Gasteiger partial charge >= 0.3 is 0 Å². The van der Waals surface area contributed by atoms with E-state index in [0.717, 1.165) is 37.3 Å². The lowest BCUT2D eigenvalue weighted by Crippen LogP contribution is -2.46. The fraction of sp³-hybridized carbons (Fsp3) is 0.211. The van der Waals surface area contributed by atoms with Crippen LogP contribution in [0.1, 0.15) is 20.7 Å². The first-order valence-corrected chi connectivity index (χ1v) is 8.52. The molecule has 3 aromatic rings. The number of hydrogen-bond donors (Lipinski definition) is 3. The maximum Gasteiger partial charge on any atom is 0.253 e. The number of carbonyl (C=O) groups excluding carboxylic acids is 2. The van der Waals surface area contributed by atoms with Gasteiger partial charge in [0.2, 0.25) is 0 Å². The summed E-state index contributed by atoms with van der Waals surface area (Å²) in [5.41, 5.74) is 8.59. The molecule has 0 aliphatic carbocycles. The molecule has 1 aromatic heterocycles. The number of H-pyrrole nitrogens is 1. The van der Waals surface area contributed by atoms with Gasteiger partial charge in [-0.1, -0.05) is 18.2 Å². The number of primary amides is 1. The molecule has 1 aliphatic heterocycles. The molecule has 2 heterocycles. The van der Waals surface area contributed by atoms with Crippen molar-refractivity contribution in [3.63, 3.8) is 0 Å². The van der Waals surface area contributed by atoms with E-state index >= 15 is 0 Å². The molecule has 2 amide bonds. The second-order valence-corrected chi connectivity index (χ2v) is 6.27. The standard InChI is InChI=1S/C19H19N5O2/c20-17(25)14-2-1-3-15-16(14)23-18(22-15)12-4-6-13(7-5-12)19(26)24-10-8-21-9-11-24/h1-7,21H,8-11H2,(H2,20,25)(H,22,23). The van der Waals surface area contributed by atoms with Crippen molar-refractivity contribution in [3.8, 4) is 11.4 Å². The number of hydrogen-bond acceptors (Lipinski definition) is 4. The maximum atomic E-state index is 12.5. The van der Waals surface area contributed by atoms with Gasteiger partial charge in [0.15, 0.2) is 0 Å². The van der Waals surface area contributed by atoms with E-state index in [-0.39, 0.29) is 5.91 Å². The van der Waals surface area contributed by atoms with Gasteiger partial charge in [-0.3, -0.25) is 9.59 Å². The van der Waals surface area contributed by atoms with Crippen molar-refractivity contribution < 1.29 is 9.59 Å². The number of aromatic amines is 1. The Labute approximate surface area is 150 Å². The third-order valence-corrected chi connectivity index (χ3v) is 4.59. The van der Waals surface area contributed by atoms with Crippen molar-refractivity contribution in [1.29, 1.82) is 0 Å². The smallest absolute Gasteiger partial charge is 0.253 e. The van der Waals surface area contributed by atoms with Crippen LogP contribution < -0.4 is 11.1 Å². The topological polar surface area (TPSA) is 104 Å². The summed E-state index contributed by atoms with van der Waals surface area (Å²) in [6.45, 7) is 3.09. The third-order valence-electron chi connectivity index (χ3n) is 4.59. The average Bonchev–Trinajstić information content (AvgIpc) is 3.12. The maximum absolute atomic E-state index is 12.5. The highest BCUT2D eigenvalue weighted by Gasteiger charge is 2.18. The second kappa shape index (κ2) is 6.61. The zero-order chi connectivity index (χ0) is 18.1. The summed E-state index contributed by atoms with van der Waals surface area (Å²) in [7, 11) is 0. The molecule has 2 aromatic carbocycles. The summed E-state index contributed by atoms with van der Waals surface area (Å²) in [5.74, 6) is 0.166. The predicted octanol–water partition coefficient (Wildman–Crippen LogP) is 1.37. The third kappa shape index (κ3) is 2.93. The SMILES string of the molecule is NC(=O)c1cccc2[nH]c(-c3ccc(C(=O)N4CCNCC4)cc3)nc12. The minimum absolute atomic E-state index is 0.0404. The number of aromatic nitrogens is 2. The van der Waals surface area contributed by atoms with E-state index in [4.69, 9.17) is 5.73 Å². The van der Waals surface area contributed by atoms with Gasteiger partial charge in [0.1, 0.15) is 11.3 Å². The van der Waals surface area contributed by atoms with E-state index in [9.17, 15) is 9.59 Å². The van der Waals surface area contributed by atoms with Gasteiger partial charge in [-0.15, -0.1) is 0 Å². The fourth-order valence-electron chi connectivity index (χ4n) is 3.19. The molecular formula is C19H19N5O2. The normalized spacial score (nSPS) is 14.5. The lowest BCUT2D eigenvalue weighted by atomic mass is 10.1. The Kier molecular flexibility index (Phi) is 4.14. The molecule has 1 fully saturated rings. The van der Waals surface area contributed by atoms with Gasteiger partial charge in [0, 0.05) is 37.3 Å². The van der Waals surface area contributed by atoms with E-state index < -0.39 is 5.91 Å². The summed E-state index contributed by atoms with van der Waals surface area (Å²) in [6, 6.07) is 12.6. The quantitative estimate of drug-likeness (QED) is 0.664. The molecular weight excluding hydrogens is 330 g/mol. The molecule has 7 nitrogen and oxygen atoms in total. The summed E-state index contributed by atoms with van der Waals surface area (Å²) in [4.78, 5) is 33.6. The number of nitrogens with one attached hydrogen (secondary N) is 2. The molecule has 0 spiro atoms. The number of benzene rings is 2. The summed E-state index contributed by atoms with van der Waals surface area (Å²) < 4.78 is 0. The minimum atomic E-state index is -0.509. The molecule has 7 heteroatoms. The lowest BCUT2D eigenvalue weighted by Gasteiger charge is -2.27. The number of para-hydroxylation sites is 1. The highest BCUT2D eigenvalue weighted by molar-refractivity contribution is 6.04. The van der Waals surface area contributed by atoms with Gasteiger partial charge < -0.3 is 20.9 Å². The first kappa shape index (κ1) is 16.3. The molecule has 0 saturated carbocycles. The van der Waals surface area contributed by atoms with E-state index in [1.165, 1.54) is 0 Å². The largest absolute Gasteiger partial charge is 0.366 e. The fourth-order valence-corrected chi connectivity index (χ4v) is 3.19. The lowest BCUT2D eigenvalue weighted by molar-refractivity contribution is 0.0735. The Balaban J connectivity index is 1.62. The van der Waals surface area contributed by atoms with Crippen LogP contribution >= 0.6 is 0 Å². The number of amides is 2. The number of fused-ring (bicyclic) bond motifs is 1. The van der Waals surface area contributed by atoms with Crippen LogP contribution in [-0.2, 0) is 0 Å².